The molecule has 2 atom stereocenters. The van der Waals surface area contributed by atoms with Gasteiger partial charge in [0.15, 0.2) is 0 Å². The second-order valence-corrected chi connectivity index (χ2v) is 7.02. The monoisotopic (exact) mass is 276 g/mol. The Morgan fingerprint density at radius 3 is 2.45 bits per heavy atom. The summed E-state index contributed by atoms with van der Waals surface area (Å²) in [7, 11) is 0. The van der Waals surface area contributed by atoms with E-state index in [1.165, 1.54) is 11.1 Å². The predicted octanol–water partition coefficient (Wildman–Crippen LogP) is 2.14. The van der Waals surface area contributed by atoms with E-state index in [9.17, 15) is 5.11 Å². The fourth-order valence-corrected chi connectivity index (χ4v) is 2.75. The predicted molar refractivity (Wildman–Crippen MR) is 83.9 cm³/mol. The maximum atomic E-state index is 9.49. The number of nitrogens with zero attached hydrogens (tertiary/aromatic N) is 1. The molecule has 2 rings (SSSR count). The van der Waals surface area contributed by atoms with Crippen LogP contribution in [0.2, 0.25) is 0 Å². The molecular weight excluding hydrogens is 248 g/mol. The molecule has 20 heavy (non-hydrogen) atoms. The molecule has 0 amide bonds. The van der Waals surface area contributed by atoms with Gasteiger partial charge in [-0.2, -0.15) is 0 Å². The molecule has 1 heterocycles. The minimum Gasteiger partial charge on any atom is -0.395 e. The number of rotatable bonds is 3. The maximum Gasteiger partial charge on any atom is 0.0599 e. The lowest BCUT2D eigenvalue weighted by Crippen LogP contribution is -2.56. The summed E-state index contributed by atoms with van der Waals surface area (Å²) in [5.41, 5.74) is 2.90. The normalized spacial score (nSPS) is 24.9. The van der Waals surface area contributed by atoms with Crippen molar-refractivity contribution in [2.24, 2.45) is 0 Å². The number of piperazine rings is 1. The Bertz CT molecular complexity index is 422. The van der Waals surface area contributed by atoms with Gasteiger partial charge in [0, 0.05) is 31.7 Å². The summed E-state index contributed by atoms with van der Waals surface area (Å²) < 4.78 is 0. The van der Waals surface area contributed by atoms with Gasteiger partial charge < -0.3 is 10.4 Å². The molecule has 1 fully saturated rings. The molecule has 1 saturated heterocycles. The molecule has 1 aliphatic rings. The molecule has 112 valence electrons. The molecule has 2 N–H and O–H groups in total. The van der Waals surface area contributed by atoms with Crippen LogP contribution < -0.4 is 5.32 Å². The van der Waals surface area contributed by atoms with E-state index in [-0.39, 0.29) is 18.1 Å². The standard InChI is InChI=1S/C17H28N2O/c1-13-10-19(16(12-20)9-18-13)11-14-5-7-15(8-6-14)17(2,3)4/h5-8,13,16,18,20H,9-12H2,1-4H3. The first-order valence-electron chi connectivity index (χ1n) is 7.58. The SMILES string of the molecule is CC1CN(Cc2ccc(C(C)(C)C)cc2)C(CO)CN1. The molecule has 1 aliphatic heterocycles. The third kappa shape index (κ3) is 3.81. The van der Waals surface area contributed by atoms with Crippen molar-refractivity contribution < 1.29 is 5.11 Å². The van der Waals surface area contributed by atoms with Gasteiger partial charge in [-0.1, -0.05) is 45.0 Å². The second-order valence-electron chi connectivity index (χ2n) is 7.02. The Morgan fingerprint density at radius 1 is 1.25 bits per heavy atom. The van der Waals surface area contributed by atoms with Crippen LogP contribution in [0.5, 0.6) is 0 Å². The van der Waals surface area contributed by atoms with Gasteiger partial charge in [-0.15, -0.1) is 0 Å². The molecule has 0 aromatic heterocycles. The lowest BCUT2D eigenvalue weighted by atomic mass is 9.86. The summed E-state index contributed by atoms with van der Waals surface area (Å²) >= 11 is 0. The molecule has 0 radical (unpaired) electrons. The van der Waals surface area contributed by atoms with E-state index in [0.29, 0.717) is 6.04 Å². The Hall–Kier alpha value is -0.900. The van der Waals surface area contributed by atoms with E-state index in [4.69, 9.17) is 0 Å². The highest BCUT2D eigenvalue weighted by Gasteiger charge is 2.25. The molecular formula is C17H28N2O. The van der Waals surface area contributed by atoms with E-state index >= 15 is 0 Å². The van der Waals surface area contributed by atoms with Crippen LogP contribution in [0.15, 0.2) is 24.3 Å². The van der Waals surface area contributed by atoms with E-state index in [0.717, 1.165) is 19.6 Å². The summed E-state index contributed by atoms with van der Waals surface area (Å²) in [6.45, 7) is 11.9. The number of hydrogen-bond donors (Lipinski definition) is 2. The largest absolute Gasteiger partial charge is 0.395 e. The minimum absolute atomic E-state index is 0.204. The lowest BCUT2D eigenvalue weighted by molar-refractivity contribution is 0.0781. The van der Waals surface area contributed by atoms with Gasteiger partial charge in [0.2, 0.25) is 0 Å². The molecule has 1 aromatic rings. The molecule has 0 aliphatic carbocycles. The fourth-order valence-electron chi connectivity index (χ4n) is 2.75. The van der Waals surface area contributed by atoms with Gasteiger partial charge >= 0.3 is 0 Å². The van der Waals surface area contributed by atoms with E-state index in [1.54, 1.807) is 0 Å². The van der Waals surface area contributed by atoms with Crippen molar-refractivity contribution in [1.29, 1.82) is 0 Å². The van der Waals surface area contributed by atoms with Crippen LogP contribution in [0.4, 0.5) is 0 Å². The molecule has 3 nitrogen and oxygen atoms in total. The van der Waals surface area contributed by atoms with Crippen LogP contribution in [-0.4, -0.2) is 41.8 Å². The molecule has 0 bridgehead atoms. The summed E-state index contributed by atoms with van der Waals surface area (Å²) in [4.78, 5) is 2.38. The van der Waals surface area contributed by atoms with Crippen LogP contribution in [-0.2, 0) is 12.0 Å². The average Bonchev–Trinajstić information content (AvgIpc) is 2.38. The van der Waals surface area contributed by atoms with Crippen LogP contribution in [0.3, 0.4) is 0 Å². The van der Waals surface area contributed by atoms with Crippen LogP contribution in [0.25, 0.3) is 0 Å². The van der Waals surface area contributed by atoms with E-state index in [2.05, 4.69) is 62.2 Å². The number of aliphatic hydroxyl groups excluding tert-OH is 1. The van der Waals surface area contributed by atoms with Gasteiger partial charge in [0.1, 0.15) is 0 Å². The summed E-state index contributed by atoms with van der Waals surface area (Å²) in [6, 6.07) is 9.63. The Kier molecular flexibility index (Phi) is 4.84. The molecule has 0 saturated carbocycles. The van der Waals surface area contributed by atoms with Crippen molar-refractivity contribution in [1.82, 2.24) is 10.2 Å². The zero-order valence-electron chi connectivity index (χ0n) is 13.2. The van der Waals surface area contributed by atoms with Crippen molar-refractivity contribution in [3.05, 3.63) is 35.4 Å². The minimum atomic E-state index is 0.204. The highest BCUT2D eigenvalue weighted by atomic mass is 16.3. The molecule has 3 heteroatoms. The molecule has 1 aromatic carbocycles. The fraction of sp³-hybridized carbons (Fsp3) is 0.647. The maximum absolute atomic E-state index is 9.49. The Balaban J connectivity index is 2.05. The Morgan fingerprint density at radius 2 is 1.90 bits per heavy atom. The summed E-state index contributed by atoms with van der Waals surface area (Å²) in [5, 5.41) is 12.9. The van der Waals surface area contributed by atoms with Gasteiger partial charge in [-0.05, 0) is 23.5 Å². The number of aliphatic hydroxyl groups is 1. The smallest absolute Gasteiger partial charge is 0.0599 e. The van der Waals surface area contributed by atoms with Gasteiger partial charge in [-0.25, -0.2) is 0 Å². The second kappa shape index (κ2) is 6.25. The number of hydrogen-bond acceptors (Lipinski definition) is 3. The number of nitrogens with one attached hydrogen (secondary N) is 1. The van der Waals surface area contributed by atoms with Gasteiger partial charge in [0.05, 0.1) is 6.61 Å². The van der Waals surface area contributed by atoms with Crippen LogP contribution >= 0.6 is 0 Å². The van der Waals surface area contributed by atoms with E-state index < -0.39 is 0 Å². The topological polar surface area (TPSA) is 35.5 Å². The first kappa shape index (κ1) is 15.5. The van der Waals surface area contributed by atoms with Crippen molar-refractivity contribution in [2.45, 2.75) is 51.7 Å². The summed E-state index contributed by atoms with van der Waals surface area (Å²) in [6.07, 6.45) is 0. The third-order valence-corrected chi connectivity index (χ3v) is 4.14. The average molecular weight is 276 g/mol. The first-order valence-corrected chi connectivity index (χ1v) is 7.58. The van der Waals surface area contributed by atoms with Crippen LogP contribution in [0.1, 0.15) is 38.8 Å². The Labute approximate surface area is 123 Å². The zero-order chi connectivity index (χ0) is 14.8. The van der Waals surface area contributed by atoms with Gasteiger partial charge in [0.25, 0.3) is 0 Å². The number of benzene rings is 1. The van der Waals surface area contributed by atoms with Crippen LogP contribution in [0, 0.1) is 0 Å². The highest BCUT2D eigenvalue weighted by molar-refractivity contribution is 5.27. The van der Waals surface area contributed by atoms with E-state index in [1.807, 2.05) is 0 Å². The van der Waals surface area contributed by atoms with Crippen molar-refractivity contribution >= 4 is 0 Å². The zero-order valence-corrected chi connectivity index (χ0v) is 13.2. The third-order valence-electron chi connectivity index (χ3n) is 4.14. The lowest BCUT2D eigenvalue weighted by Gasteiger charge is -2.38. The molecule has 0 spiro atoms. The van der Waals surface area contributed by atoms with Crippen molar-refractivity contribution in [3.8, 4) is 0 Å². The molecule has 2 unspecified atom stereocenters. The van der Waals surface area contributed by atoms with Crippen molar-refractivity contribution in [2.75, 3.05) is 19.7 Å². The quantitative estimate of drug-likeness (QED) is 0.888. The summed E-state index contributed by atoms with van der Waals surface area (Å²) in [5.74, 6) is 0. The van der Waals surface area contributed by atoms with Gasteiger partial charge in [-0.3, -0.25) is 4.90 Å². The van der Waals surface area contributed by atoms with Crippen molar-refractivity contribution in [3.63, 3.8) is 0 Å². The first-order chi connectivity index (χ1) is 9.40. The highest BCUT2D eigenvalue weighted by Crippen LogP contribution is 2.23.